The molecule has 260 valence electrons. The van der Waals surface area contributed by atoms with Crippen molar-refractivity contribution in [3.05, 3.63) is 175 Å². The van der Waals surface area contributed by atoms with Crippen LogP contribution in [0.1, 0.15) is 25.0 Å². The molecule has 0 radical (unpaired) electrons. The Hall–Kier alpha value is -6.62. The zero-order chi connectivity index (χ0) is 36.4. The first-order valence-electron chi connectivity index (χ1n) is 18.8. The Kier molecular flexibility index (Phi) is 6.27. The minimum absolute atomic E-state index is 0.119. The molecule has 0 spiro atoms. The fourth-order valence-corrected chi connectivity index (χ4v) is 10.4. The zero-order valence-corrected chi connectivity index (χ0v) is 31.1. The maximum Gasteiger partial charge on any atom is 0.136 e. The summed E-state index contributed by atoms with van der Waals surface area (Å²) in [7, 11) is 0. The van der Waals surface area contributed by atoms with E-state index in [-0.39, 0.29) is 5.41 Å². The molecule has 4 heteroatoms. The lowest BCUT2D eigenvalue weighted by Gasteiger charge is -2.28. The smallest absolute Gasteiger partial charge is 0.136 e. The average Bonchev–Trinajstić information content (AvgIpc) is 3.95. The van der Waals surface area contributed by atoms with Gasteiger partial charge in [-0.05, 0) is 100 Å². The molecule has 55 heavy (non-hydrogen) atoms. The molecule has 3 nitrogen and oxygen atoms in total. The first-order valence-corrected chi connectivity index (χ1v) is 19.6. The summed E-state index contributed by atoms with van der Waals surface area (Å²) in [6, 6.07) is 59.2. The lowest BCUT2D eigenvalue weighted by Crippen LogP contribution is -2.16. The summed E-state index contributed by atoms with van der Waals surface area (Å²) < 4.78 is 15.8. The van der Waals surface area contributed by atoms with Crippen LogP contribution < -0.4 is 4.90 Å². The second-order valence-corrected chi connectivity index (χ2v) is 16.4. The van der Waals surface area contributed by atoms with Gasteiger partial charge in [-0.1, -0.05) is 111 Å². The molecule has 1 aliphatic carbocycles. The monoisotopic (exact) mass is 723 g/mol. The van der Waals surface area contributed by atoms with Crippen LogP contribution in [0.3, 0.4) is 0 Å². The van der Waals surface area contributed by atoms with Gasteiger partial charge in [-0.25, -0.2) is 0 Å². The van der Waals surface area contributed by atoms with E-state index >= 15 is 0 Å². The van der Waals surface area contributed by atoms with Crippen LogP contribution in [-0.4, -0.2) is 0 Å². The van der Waals surface area contributed by atoms with Gasteiger partial charge in [-0.15, -0.1) is 11.3 Å². The molecule has 0 aliphatic heterocycles. The van der Waals surface area contributed by atoms with E-state index in [0.717, 1.165) is 72.1 Å². The molecule has 0 N–H and O–H groups in total. The van der Waals surface area contributed by atoms with E-state index in [2.05, 4.69) is 183 Å². The fourth-order valence-electron chi connectivity index (χ4n) is 9.21. The molecule has 1 aliphatic rings. The van der Waals surface area contributed by atoms with Crippen LogP contribution in [0, 0.1) is 0 Å². The Morgan fingerprint density at radius 3 is 2.00 bits per heavy atom. The molecule has 3 aromatic heterocycles. The highest BCUT2D eigenvalue weighted by Gasteiger charge is 2.35. The summed E-state index contributed by atoms with van der Waals surface area (Å²) in [5, 5.41) is 6.85. The molecule has 3 heterocycles. The van der Waals surface area contributed by atoms with Crippen molar-refractivity contribution >= 4 is 92.4 Å². The van der Waals surface area contributed by atoms with Crippen LogP contribution in [0.2, 0.25) is 0 Å². The average molecular weight is 724 g/mol. The van der Waals surface area contributed by atoms with Crippen molar-refractivity contribution < 1.29 is 8.83 Å². The van der Waals surface area contributed by atoms with E-state index < -0.39 is 0 Å². The van der Waals surface area contributed by atoms with Gasteiger partial charge in [0.2, 0.25) is 0 Å². The Morgan fingerprint density at radius 1 is 0.418 bits per heavy atom. The number of thiophene rings is 1. The fraction of sp³-hybridized carbons (Fsp3) is 0.0588. The predicted octanol–water partition coefficient (Wildman–Crippen LogP) is 15.3. The third-order valence-electron chi connectivity index (χ3n) is 11.9. The highest BCUT2D eigenvalue weighted by Crippen LogP contribution is 2.51. The number of benzene rings is 8. The number of nitrogens with zero attached hydrogens (tertiary/aromatic N) is 1. The Labute approximate surface area is 321 Å². The van der Waals surface area contributed by atoms with E-state index in [9.17, 15) is 0 Å². The van der Waals surface area contributed by atoms with Crippen molar-refractivity contribution in [2.75, 3.05) is 4.90 Å². The van der Waals surface area contributed by atoms with E-state index in [1.165, 1.54) is 42.4 Å². The predicted molar refractivity (Wildman–Crippen MR) is 232 cm³/mol. The molecule has 0 fully saturated rings. The Morgan fingerprint density at radius 2 is 1.07 bits per heavy atom. The van der Waals surface area contributed by atoms with Crippen molar-refractivity contribution in [3.63, 3.8) is 0 Å². The Bertz CT molecular complexity index is 3360. The van der Waals surface area contributed by atoms with Crippen molar-refractivity contribution in [3.8, 4) is 22.3 Å². The van der Waals surface area contributed by atoms with Crippen LogP contribution in [-0.2, 0) is 5.41 Å². The van der Waals surface area contributed by atoms with Crippen molar-refractivity contribution in [1.82, 2.24) is 0 Å². The maximum atomic E-state index is 6.63. The van der Waals surface area contributed by atoms with E-state index in [4.69, 9.17) is 8.83 Å². The molecule has 8 aromatic carbocycles. The third-order valence-corrected chi connectivity index (χ3v) is 13.0. The number of anilines is 3. The highest BCUT2D eigenvalue weighted by molar-refractivity contribution is 7.25. The molecule has 0 bridgehead atoms. The first kappa shape index (κ1) is 30.8. The van der Waals surface area contributed by atoms with Gasteiger partial charge in [0.15, 0.2) is 0 Å². The van der Waals surface area contributed by atoms with E-state index in [1.54, 1.807) is 0 Å². The molecule has 11 aromatic rings. The largest absolute Gasteiger partial charge is 0.456 e. The highest BCUT2D eigenvalue weighted by atomic mass is 32.1. The van der Waals surface area contributed by atoms with Gasteiger partial charge in [0.1, 0.15) is 22.3 Å². The summed E-state index contributed by atoms with van der Waals surface area (Å²) in [5.74, 6) is 0. The summed E-state index contributed by atoms with van der Waals surface area (Å²) in [4.78, 5) is 2.41. The Balaban J connectivity index is 1.06. The third kappa shape index (κ3) is 4.43. The summed E-state index contributed by atoms with van der Waals surface area (Å²) in [5.41, 5.74) is 14.3. The SMILES string of the molecule is CC1(C)c2ccccc2-c2ccc(N(c3ccc4c(c3)sc3ccccc34)c3ccc4oc5cc6c(cc5c4c3)oc3cccc(-c4ccccc4)c36)cc21. The lowest BCUT2D eigenvalue weighted by atomic mass is 9.82. The van der Waals surface area contributed by atoms with E-state index in [1.807, 2.05) is 11.3 Å². The summed E-state index contributed by atoms with van der Waals surface area (Å²) in [6.07, 6.45) is 0. The molecular formula is C51H33NO2S. The second kappa shape index (κ2) is 11.2. The van der Waals surface area contributed by atoms with Gasteiger partial charge in [-0.2, -0.15) is 0 Å². The van der Waals surface area contributed by atoms with Gasteiger partial charge in [-0.3, -0.25) is 0 Å². The first-order chi connectivity index (χ1) is 27.0. The summed E-state index contributed by atoms with van der Waals surface area (Å²) >= 11 is 1.85. The maximum absolute atomic E-state index is 6.63. The number of fused-ring (bicyclic) bond motifs is 12. The van der Waals surface area contributed by atoms with Crippen molar-refractivity contribution in [2.45, 2.75) is 19.3 Å². The van der Waals surface area contributed by atoms with Gasteiger partial charge < -0.3 is 13.7 Å². The minimum atomic E-state index is -0.119. The molecule has 0 saturated heterocycles. The molecule has 0 unspecified atom stereocenters. The molecule has 0 atom stereocenters. The zero-order valence-electron chi connectivity index (χ0n) is 30.3. The lowest BCUT2D eigenvalue weighted by molar-refractivity contribution is 0.660. The quantitative estimate of drug-likeness (QED) is 0.181. The number of hydrogen-bond donors (Lipinski definition) is 0. The molecular weight excluding hydrogens is 691 g/mol. The standard InChI is InChI=1S/C51H33NO2S/c1-51(2)42-16-8-6-13-35(42)36-22-19-32(26-43(36)51)52(33-20-23-38-37-14-7-9-18-48(37)55-49(38)27-33)31-21-24-44-39(25-31)40-28-47-41(29-46(40)53-44)50-34(15-10-17-45(50)54-47)30-11-4-3-5-12-30/h3-29H,1-2H3. The molecule has 0 amide bonds. The van der Waals surface area contributed by atoms with Gasteiger partial charge in [0.05, 0.1) is 0 Å². The molecule has 12 rings (SSSR count). The molecule has 0 saturated carbocycles. The second-order valence-electron chi connectivity index (χ2n) is 15.3. The van der Waals surface area contributed by atoms with Crippen LogP contribution in [0.4, 0.5) is 17.1 Å². The van der Waals surface area contributed by atoms with Crippen LogP contribution in [0.5, 0.6) is 0 Å². The topological polar surface area (TPSA) is 29.5 Å². The van der Waals surface area contributed by atoms with Gasteiger partial charge in [0, 0.05) is 64.2 Å². The minimum Gasteiger partial charge on any atom is -0.456 e. The normalized spacial score (nSPS) is 13.4. The number of hydrogen-bond acceptors (Lipinski definition) is 4. The summed E-state index contributed by atoms with van der Waals surface area (Å²) in [6.45, 7) is 4.70. The van der Waals surface area contributed by atoms with Crippen LogP contribution in [0.25, 0.3) is 86.3 Å². The van der Waals surface area contributed by atoms with Crippen molar-refractivity contribution in [2.24, 2.45) is 0 Å². The van der Waals surface area contributed by atoms with Crippen LogP contribution >= 0.6 is 11.3 Å². The van der Waals surface area contributed by atoms with Crippen LogP contribution in [0.15, 0.2) is 173 Å². The number of furan rings is 2. The van der Waals surface area contributed by atoms with E-state index in [0.29, 0.717) is 0 Å². The van der Waals surface area contributed by atoms with Gasteiger partial charge >= 0.3 is 0 Å². The van der Waals surface area contributed by atoms with Gasteiger partial charge in [0.25, 0.3) is 0 Å². The van der Waals surface area contributed by atoms with Crippen molar-refractivity contribution in [1.29, 1.82) is 0 Å². The number of rotatable bonds is 4.